The van der Waals surface area contributed by atoms with Gasteiger partial charge in [0.15, 0.2) is 5.78 Å². The van der Waals surface area contributed by atoms with Crippen molar-refractivity contribution in [1.29, 1.82) is 0 Å². The number of likely N-dealkylation sites (tertiary alicyclic amines) is 1. The fraction of sp³-hybridized carbons (Fsp3) is 0.500. The number of hydrogen-bond donors (Lipinski definition) is 0. The van der Waals surface area contributed by atoms with Crippen molar-refractivity contribution in [2.24, 2.45) is 5.92 Å². The zero-order chi connectivity index (χ0) is 20.9. The Hall–Kier alpha value is -1.46. The van der Waals surface area contributed by atoms with E-state index in [1.807, 2.05) is 18.2 Å². The van der Waals surface area contributed by atoms with Crippen LogP contribution in [0.15, 0.2) is 42.5 Å². The van der Waals surface area contributed by atoms with E-state index in [9.17, 15) is 9.18 Å². The van der Waals surface area contributed by atoms with Gasteiger partial charge in [-0.1, -0.05) is 24.3 Å². The van der Waals surface area contributed by atoms with Gasteiger partial charge in [-0.05, 0) is 93.0 Å². The molecule has 0 unspecified atom stereocenters. The van der Waals surface area contributed by atoms with Crippen LogP contribution in [-0.4, -0.2) is 48.8 Å². The normalized spacial score (nSPS) is 17.6. The maximum atomic E-state index is 13.1. The van der Waals surface area contributed by atoms with Crippen LogP contribution in [0.3, 0.4) is 0 Å². The molecule has 0 bridgehead atoms. The third-order valence-electron chi connectivity index (χ3n) is 6.86. The van der Waals surface area contributed by atoms with Crippen molar-refractivity contribution >= 4 is 30.6 Å². The second-order valence-corrected chi connectivity index (χ2v) is 9.09. The fourth-order valence-corrected chi connectivity index (χ4v) is 4.78. The van der Waals surface area contributed by atoms with Gasteiger partial charge < -0.3 is 4.90 Å². The molecule has 1 fully saturated rings. The van der Waals surface area contributed by atoms with Gasteiger partial charge in [0, 0.05) is 31.6 Å². The average molecular weight is 481 g/mol. The van der Waals surface area contributed by atoms with Crippen molar-refractivity contribution in [3.63, 3.8) is 0 Å². The summed E-state index contributed by atoms with van der Waals surface area (Å²) >= 11 is 0. The maximum Gasteiger partial charge on any atom is 0.162 e. The van der Waals surface area contributed by atoms with Crippen LogP contribution in [0.2, 0.25) is 0 Å². The van der Waals surface area contributed by atoms with Crippen molar-refractivity contribution in [3.8, 4) is 0 Å². The SMILES string of the molecule is CN1CCC(CCC(=O)c2ccc3c(c2)CCN(Cc2ccc(F)cc2)CC3)CC1.Cl.Cl. The monoisotopic (exact) mass is 480 g/mol. The van der Waals surface area contributed by atoms with Gasteiger partial charge in [-0.15, -0.1) is 24.8 Å². The van der Waals surface area contributed by atoms with Crippen LogP contribution in [0.25, 0.3) is 0 Å². The van der Waals surface area contributed by atoms with Crippen molar-refractivity contribution in [2.45, 2.75) is 45.1 Å². The third kappa shape index (κ3) is 7.28. The van der Waals surface area contributed by atoms with E-state index in [1.54, 1.807) is 0 Å². The predicted molar refractivity (Wildman–Crippen MR) is 134 cm³/mol. The molecule has 0 aromatic heterocycles. The Balaban J connectivity index is 0.00000181. The van der Waals surface area contributed by atoms with E-state index in [0.29, 0.717) is 18.1 Å². The summed E-state index contributed by atoms with van der Waals surface area (Å²) < 4.78 is 13.1. The Morgan fingerprint density at radius 1 is 0.938 bits per heavy atom. The number of hydrogen-bond acceptors (Lipinski definition) is 3. The Kier molecular flexibility index (Phi) is 10.6. The second kappa shape index (κ2) is 12.7. The molecule has 176 valence electrons. The second-order valence-electron chi connectivity index (χ2n) is 9.09. The highest BCUT2D eigenvalue weighted by molar-refractivity contribution is 5.96. The molecule has 2 aromatic carbocycles. The van der Waals surface area contributed by atoms with Crippen molar-refractivity contribution in [2.75, 3.05) is 33.2 Å². The first-order valence-electron chi connectivity index (χ1n) is 11.4. The Morgan fingerprint density at radius 2 is 1.59 bits per heavy atom. The number of ketones is 1. The number of halogens is 3. The minimum absolute atomic E-state index is 0. The Labute approximate surface area is 204 Å². The number of piperidine rings is 1. The molecular formula is C26H35Cl2FN2O. The number of benzene rings is 2. The molecule has 0 N–H and O–H groups in total. The van der Waals surface area contributed by atoms with Crippen LogP contribution >= 0.6 is 24.8 Å². The highest BCUT2D eigenvalue weighted by Gasteiger charge is 2.19. The van der Waals surface area contributed by atoms with Crippen LogP contribution in [-0.2, 0) is 19.4 Å². The van der Waals surface area contributed by atoms with E-state index in [0.717, 1.165) is 63.1 Å². The van der Waals surface area contributed by atoms with Gasteiger partial charge in [-0.25, -0.2) is 4.39 Å². The molecule has 2 aromatic rings. The zero-order valence-corrected chi connectivity index (χ0v) is 20.5. The van der Waals surface area contributed by atoms with Gasteiger partial charge >= 0.3 is 0 Å². The molecular weight excluding hydrogens is 446 g/mol. The topological polar surface area (TPSA) is 23.6 Å². The summed E-state index contributed by atoms with van der Waals surface area (Å²) in [5.41, 5.74) is 4.71. The van der Waals surface area contributed by atoms with E-state index in [1.165, 1.54) is 36.1 Å². The van der Waals surface area contributed by atoms with Crippen molar-refractivity contribution < 1.29 is 9.18 Å². The van der Waals surface area contributed by atoms with Gasteiger partial charge in [0.05, 0.1) is 0 Å². The maximum absolute atomic E-state index is 13.1. The van der Waals surface area contributed by atoms with Gasteiger partial charge in [0.25, 0.3) is 0 Å². The molecule has 32 heavy (non-hydrogen) atoms. The third-order valence-corrected chi connectivity index (χ3v) is 6.86. The smallest absolute Gasteiger partial charge is 0.162 e. The molecule has 3 nitrogen and oxygen atoms in total. The zero-order valence-electron chi connectivity index (χ0n) is 18.9. The van der Waals surface area contributed by atoms with Crippen LogP contribution in [0.1, 0.15) is 52.7 Å². The Morgan fingerprint density at radius 3 is 2.28 bits per heavy atom. The van der Waals surface area contributed by atoms with Gasteiger partial charge in [-0.3, -0.25) is 9.69 Å². The minimum atomic E-state index is -0.185. The first-order valence-corrected chi connectivity index (χ1v) is 11.4. The summed E-state index contributed by atoms with van der Waals surface area (Å²) in [4.78, 5) is 17.6. The van der Waals surface area contributed by atoms with Gasteiger partial charge in [-0.2, -0.15) is 0 Å². The minimum Gasteiger partial charge on any atom is -0.306 e. The van der Waals surface area contributed by atoms with Crippen LogP contribution < -0.4 is 0 Å². The van der Waals surface area contributed by atoms with Crippen LogP contribution in [0.4, 0.5) is 4.39 Å². The lowest BCUT2D eigenvalue weighted by Gasteiger charge is -2.28. The molecule has 4 rings (SSSR count). The highest BCUT2D eigenvalue weighted by Crippen LogP contribution is 2.24. The number of carbonyl (C=O) groups is 1. The molecule has 0 radical (unpaired) electrons. The molecule has 6 heteroatoms. The molecule has 2 aliphatic heterocycles. The lowest BCUT2D eigenvalue weighted by molar-refractivity contribution is 0.0965. The summed E-state index contributed by atoms with van der Waals surface area (Å²) in [5, 5.41) is 0. The molecule has 2 heterocycles. The van der Waals surface area contributed by atoms with E-state index >= 15 is 0 Å². The van der Waals surface area contributed by atoms with Gasteiger partial charge in [0.1, 0.15) is 5.82 Å². The van der Waals surface area contributed by atoms with E-state index in [2.05, 4.69) is 29.0 Å². The standard InChI is InChI=1S/C26H33FN2O.2ClH/c1-28-14-10-20(11-15-28)4-9-26(30)24-6-5-22-12-16-29(17-13-23(22)18-24)19-21-2-7-25(27)8-3-21;;/h2-3,5-8,18,20H,4,9-17,19H2,1H3;2*1H. The number of Topliss-reactive ketones (excluding diaryl/α,β-unsaturated/α-hetero) is 1. The summed E-state index contributed by atoms with van der Waals surface area (Å²) in [6, 6.07) is 13.2. The summed E-state index contributed by atoms with van der Waals surface area (Å²) in [7, 11) is 2.18. The van der Waals surface area contributed by atoms with Gasteiger partial charge in [0.2, 0.25) is 0 Å². The number of fused-ring (bicyclic) bond motifs is 1. The molecule has 0 saturated carbocycles. The lowest BCUT2D eigenvalue weighted by atomic mass is 9.90. The molecule has 0 spiro atoms. The number of rotatable bonds is 6. The Bertz CT molecular complexity index is 867. The first-order chi connectivity index (χ1) is 14.6. The molecule has 0 aliphatic carbocycles. The largest absolute Gasteiger partial charge is 0.306 e. The van der Waals surface area contributed by atoms with Crippen molar-refractivity contribution in [1.82, 2.24) is 9.80 Å². The van der Waals surface area contributed by atoms with E-state index in [-0.39, 0.29) is 30.6 Å². The summed E-state index contributed by atoms with van der Waals surface area (Å²) in [6.45, 7) is 5.13. The van der Waals surface area contributed by atoms with Crippen LogP contribution in [0.5, 0.6) is 0 Å². The first kappa shape index (κ1) is 26.8. The quantitative estimate of drug-likeness (QED) is 0.504. The lowest BCUT2D eigenvalue weighted by Crippen LogP contribution is -2.30. The van der Waals surface area contributed by atoms with E-state index in [4.69, 9.17) is 0 Å². The number of carbonyl (C=O) groups excluding carboxylic acids is 1. The summed E-state index contributed by atoms with van der Waals surface area (Å²) in [5.74, 6) is 0.810. The predicted octanol–water partition coefficient (Wildman–Crippen LogP) is 5.57. The summed E-state index contributed by atoms with van der Waals surface area (Å²) in [6.07, 6.45) is 6.10. The molecule has 1 saturated heterocycles. The fourth-order valence-electron chi connectivity index (χ4n) is 4.78. The molecule has 2 aliphatic rings. The number of nitrogens with zero attached hydrogens (tertiary/aromatic N) is 2. The molecule has 0 atom stereocenters. The average Bonchev–Trinajstić information content (AvgIpc) is 2.96. The van der Waals surface area contributed by atoms with E-state index < -0.39 is 0 Å². The molecule has 0 amide bonds. The van der Waals surface area contributed by atoms with Crippen LogP contribution in [0, 0.1) is 11.7 Å². The van der Waals surface area contributed by atoms with Crippen molar-refractivity contribution in [3.05, 3.63) is 70.5 Å². The highest BCUT2D eigenvalue weighted by atomic mass is 35.5.